The molecular weight excluding hydrogens is 597 g/mol. The largest absolute Gasteiger partial charge is 0.352 e. The molecule has 3 aromatic carbocycles. The first kappa shape index (κ1) is 30.1. The van der Waals surface area contributed by atoms with E-state index in [1.54, 1.807) is 30.3 Å². The van der Waals surface area contributed by atoms with Crippen LogP contribution in [0.3, 0.4) is 0 Å². The van der Waals surface area contributed by atoms with Gasteiger partial charge in [-0.2, -0.15) is 0 Å². The Morgan fingerprint density at radius 2 is 1.57 bits per heavy atom. The quantitative estimate of drug-likeness (QED) is 0.332. The van der Waals surface area contributed by atoms with Crippen LogP contribution in [0.25, 0.3) is 0 Å². The lowest BCUT2D eigenvalue weighted by Crippen LogP contribution is -2.52. The zero-order valence-electron chi connectivity index (χ0n) is 22.8. The van der Waals surface area contributed by atoms with Gasteiger partial charge in [-0.1, -0.05) is 84.6 Å². The number of carbonyl (C=O) groups is 3. The number of benzene rings is 3. The van der Waals surface area contributed by atoms with Crippen LogP contribution in [-0.4, -0.2) is 54.0 Å². The molecule has 0 spiro atoms. The van der Waals surface area contributed by atoms with E-state index >= 15 is 0 Å². The highest BCUT2D eigenvalue weighted by atomic mass is 35.5. The van der Waals surface area contributed by atoms with Gasteiger partial charge >= 0.3 is 0 Å². The van der Waals surface area contributed by atoms with E-state index in [-0.39, 0.29) is 48.3 Å². The highest BCUT2D eigenvalue weighted by Crippen LogP contribution is 2.31. The van der Waals surface area contributed by atoms with Gasteiger partial charge < -0.3 is 10.2 Å². The van der Waals surface area contributed by atoms with Crippen molar-refractivity contribution in [3.8, 4) is 0 Å². The van der Waals surface area contributed by atoms with E-state index in [0.717, 1.165) is 35.6 Å². The molecule has 220 valence electrons. The lowest BCUT2D eigenvalue weighted by Gasteiger charge is -2.33. The van der Waals surface area contributed by atoms with E-state index in [1.807, 2.05) is 30.3 Å². The Bertz CT molecular complexity index is 1570. The van der Waals surface area contributed by atoms with Crippen LogP contribution >= 0.6 is 23.2 Å². The Morgan fingerprint density at radius 3 is 2.24 bits per heavy atom. The van der Waals surface area contributed by atoms with Gasteiger partial charge in [0.15, 0.2) is 0 Å². The minimum absolute atomic E-state index is 0.0162. The van der Waals surface area contributed by atoms with Crippen LogP contribution in [-0.2, 0) is 32.6 Å². The molecule has 1 fully saturated rings. The Kier molecular flexibility index (Phi) is 9.20. The lowest BCUT2D eigenvalue weighted by molar-refractivity contribution is -0.141. The number of rotatable bonds is 10. The molecule has 3 amide bonds. The Hall–Kier alpha value is -3.40. The van der Waals surface area contributed by atoms with Crippen molar-refractivity contribution < 1.29 is 22.8 Å². The minimum Gasteiger partial charge on any atom is -0.352 e. The first-order valence-electron chi connectivity index (χ1n) is 13.9. The van der Waals surface area contributed by atoms with Crippen LogP contribution in [0.15, 0.2) is 77.7 Å². The van der Waals surface area contributed by atoms with Crippen molar-refractivity contribution in [3.05, 3.63) is 99.5 Å². The maximum absolute atomic E-state index is 14.0. The number of hydrogen-bond donors (Lipinski definition) is 1. The van der Waals surface area contributed by atoms with Gasteiger partial charge in [-0.05, 0) is 42.7 Å². The summed E-state index contributed by atoms with van der Waals surface area (Å²) < 4.78 is 27.0. The van der Waals surface area contributed by atoms with Gasteiger partial charge in [0.05, 0.1) is 5.56 Å². The summed E-state index contributed by atoms with van der Waals surface area (Å²) in [5.41, 5.74) is 1.39. The first-order valence-corrected chi connectivity index (χ1v) is 16.1. The molecule has 0 unspecified atom stereocenters. The monoisotopic (exact) mass is 627 g/mol. The second-order valence-corrected chi connectivity index (χ2v) is 13.2. The first-order chi connectivity index (χ1) is 20.2. The molecule has 0 saturated heterocycles. The summed E-state index contributed by atoms with van der Waals surface area (Å²) in [7, 11) is -4.10. The standard InChI is InChI=1S/C31H31Cl2N3O5S/c32-25-14-8-15-26(33)24(25)20-35(27(19-21-9-2-1-3-10-21)30(38)34-22-11-4-5-12-22)29(37)17-18-36-31(39)23-13-6-7-16-28(23)42(36,40)41/h1-3,6-10,13-16,22,27H,4-5,11-12,17-20H2,(H,34,38)/t27-/m0/s1. The molecule has 1 heterocycles. The molecule has 1 saturated carbocycles. The Labute approximate surface area is 255 Å². The number of sulfonamides is 1. The van der Waals surface area contributed by atoms with Gasteiger partial charge in [0.1, 0.15) is 10.9 Å². The molecule has 42 heavy (non-hydrogen) atoms. The van der Waals surface area contributed by atoms with Crippen LogP contribution < -0.4 is 5.32 Å². The van der Waals surface area contributed by atoms with Crippen LogP contribution in [0.1, 0.15) is 53.6 Å². The van der Waals surface area contributed by atoms with E-state index in [2.05, 4.69) is 5.32 Å². The summed E-state index contributed by atoms with van der Waals surface area (Å²) in [5, 5.41) is 3.79. The van der Waals surface area contributed by atoms with Crippen molar-refractivity contribution in [3.63, 3.8) is 0 Å². The molecule has 1 aliphatic carbocycles. The molecule has 3 aromatic rings. The van der Waals surface area contributed by atoms with Crippen molar-refractivity contribution in [1.82, 2.24) is 14.5 Å². The third kappa shape index (κ3) is 6.33. The maximum atomic E-state index is 14.0. The van der Waals surface area contributed by atoms with Gasteiger partial charge in [-0.25, -0.2) is 12.7 Å². The SMILES string of the molecule is O=C(NC1CCCC1)[C@H](Cc1ccccc1)N(Cc1c(Cl)cccc1Cl)C(=O)CCN1C(=O)c2ccccc2S1(=O)=O. The Balaban J connectivity index is 1.46. The highest BCUT2D eigenvalue weighted by molar-refractivity contribution is 7.90. The van der Waals surface area contributed by atoms with Crippen molar-refractivity contribution in [2.75, 3.05) is 6.54 Å². The van der Waals surface area contributed by atoms with Gasteiger partial charge in [0, 0.05) is 47.6 Å². The third-order valence-corrected chi connectivity index (χ3v) is 10.4. The smallest absolute Gasteiger partial charge is 0.269 e. The normalized spacial score (nSPS) is 16.7. The second kappa shape index (κ2) is 12.9. The average molecular weight is 629 g/mol. The van der Waals surface area contributed by atoms with Gasteiger partial charge in [0.25, 0.3) is 15.9 Å². The predicted molar refractivity (Wildman–Crippen MR) is 161 cm³/mol. The zero-order chi connectivity index (χ0) is 29.9. The number of hydrogen-bond acceptors (Lipinski definition) is 5. The topological polar surface area (TPSA) is 104 Å². The molecule has 5 rings (SSSR count). The molecular formula is C31H31Cl2N3O5S. The number of carbonyl (C=O) groups excluding carboxylic acids is 3. The number of halogens is 2. The van der Waals surface area contributed by atoms with E-state index in [9.17, 15) is 22.8 Å². The average Bonchev–Trinajstić information content (AvgIpc) is 3.55. The summed E-state index contributed by atoms with van der Waals surface area (Å²) in [4.78, 5) is 42.2. The molecule has 0 aromatic heterocycles. The number of amides is 3. The van der Waals surface area contributed by atoms with E-state index in [4.69, 9.17) is 23.2 Å². The molecule has 1 atom stereocenters. The summed E-state index contributed by atoms with van der Waals surface area (Å²) in [6.45, 7) is -0.447. The van der Waals surface area contributed by atoms with Crippen LogP contribution in [0.2, 0.25) is 10.0 Å². The van der Waals surface area contributed by atoms with Crippen molar-refractivity contribution in [2.24, 2.45) is 0 Å². The molecule has 8 nitrogen and oxygen atoms in total. The second-order valence-electron chi connectivity index (χ2n) is 10.5. The number of nitrogens with one attached hydrogen (secondary N) is 1. The number of fused-ring (bicyclic) bond motifs is 1. The van der Waals surface area contributed by atoms with Crippen molar-refractivity contribution >= 4 is 50.9 Å². The predicted octanol–water partition coefficient (Wildman–Crippen LogP) is 5.23. The van der Waals surface area contributed by atoms with Gasteiger partial charge in [0.2, 0.25) is 11.8 Å². The maximum Gasteiger partial charge on any atom is 0.269 e. The molecule has 0 radical (unpaired) electrons. The van der Waals surface area contributed by atoms with E-state index in [0.29, 0.717) is 15.6 Å². The van der Waals surface area contributed by atoms with Crippen LogP contribution in [0.5, 0.6) is 0 Å². The van der Waals surface area contributed by atoms with E-state index < -0.39 is 27.9 Å². The summed E-state index contributed by atoms with van der Waals surface area (Å²) in [5.74, 6) is -1.49. The summed E-state index contributed by atoms with van der Waals surface area (Å²) >= 11 is 13.0. The lowest BCUT2D eigenvalue weighted by atomic mass is 10.0. The fourth-order valence-electron chi connectivity index (χ4n) is 5.57. The van der Waals surface area contributed by atoms with Crippen molar-refractivity contribution in [2.45, 2.75) is 62.0 Å². The number of nitrogens with zero attached hydrogens (tertiary/aromatic N) is 2. The van der Waals surface area contributed by atoms with Crippen LogP contribution in [0, 0.1) is 0 Å². The summed E-state index contributed by atoms with van der Waals surface area (Å²) in [6.07, 6.45) is 3.66. The Morgan fingerprint density at radius 1 is 0.929 bits per heavy atom. The molecule has 0 bridgehead atoms. The zero-order valence-corrected chi connectivity index (χ0v) is 25.2. The van der Waals surface area contributed by atoms with E-state index in [1.165, 1.54) is 17.0 Å². The molecule has 11 heteroatoms. The van der Waals surface area contributed by atoms with Crippen molar-refractivity contribution in [1.29, 1.82) is 0 Å². The highest BCUT2D eigenvalue weighted by Gasteiger charge is 2.41. The molecule has 2 aliphatic rings. The summed E-state index contributed by atoms with van der Waals surface area (Å²) in [6, 6.07) is 19.4. The molecule has 1 N–H and O–H groups in total. The minimum atomic E-state index is -4.10. The van der Waals surface area contributed by atoms with Gasteiger partial charge in [-0.15, -0.1) is 0 Å². The molecule has 1 aliphatic heterocycles. The fraction of sp³-hybridized carbons (Fsp3) is 0.323. The fourth-order valence-corrected chi connectivity index (χ4v) is 7.65. The van der Waals surface area contributed by atoms with Crippen LogP contribution in [0.4, 0.5) is 0 Å². The van der Waals surface area contributed by atoms with Gasteiger partial charge in [-0.3, -0.25) is 14.4 Å². The third-order valence-electron chi connectivity index (χ3n) is 7.80.